The quantitative estimate of drug-likeness (QED) is 0.338. The molecule has 0 rings (SSSR count). The molecule has 5 heteroatoms. The molecule has 0 spiro atoms. The lowest BCUT2D eigenvalue weighted by atomic mass is 10.1. The second-order valence-corrected chi connectivity index (χ2v) is 4.36. The summed E-state index contributed by atoms with van der Waals surface area (Å²) in [5.41, 5.74) is 0.0725. The van der Waals surface area contributed by atoms with Gasteiger partial charge in [0.25, 0.3) is 0 Å². The Balaban J connectivity index is 5.21. The first-order valence-electron chi connectivity index (χ1n) is 4.88. The molecule has 0 aliphatic rings. The molecule has 0 fully saturated rings. The van der Waals surface area contributed by atoms with E-state index in [-0.39, 0.29) is 11.1 Å². The summed E-state index contributed by atoms with van der Waals surface area (Å²) in [4.78, 5) is 22.8. The number of hydrogen-bond donors (Lipinski definition) is 1. The molecule has 0 amide bonds. The van der Waals surface area contributed by atoms with E-state index in [1.807, 2.05) is 20.8 Å². The smallest absolute Gasteiger partial charge is 0.347 e. The van der Waals surface area contributed by atoms with E-state index in [4.69, 9.17) is 0 Å². The molecule has 0 unspecified atom stereocenters. The monoisotopic (exact) mass is 229 g/mol. The molecule has 0 aliphatic heterocycles. The zero-order valence-electron chi connectivity index (χ0n) is 10.6. The average Bonchev–Trinajstić information content (AvgIpc) is 2.14. The van der Waals surface area contributed by atoms with E-state index in [1.54, 1.807) is 6.92 Å². The summed E-state index contributed by atoms with van der Waals surface area (Å²) in [5, 5.41) is 3.03. The highest BCUT2D eigenvalue weighted by Gasteiger charge is 2.24. The van der Waals surface area contributed by atoms with Gasteiger partial charge in [-0.3, -0.25) is 0 Å². The van der Waals surface area contributed by atoms with Crippen molar-refractivity contribution in [2.45, 2.75) is 33.2 Å². The molecule has 0 aliphatic carbocycles. The maximum atomic E-state index is 11.4. The lowest BCUT2D eigenvalue weighted by Gasteiger charge is -2.23. The molecular weight excluding hydrogens is 210 g/mol. The summed E-state index contributed by atoms with van der Waals surface area (Å²) in [6.07, 6.45) is 0. The van der Waals surface area contributed by atoms with Crippen molar-refractivity contribution in [3.8, 4) is 0 Å². The van der Waals surface area contributed by atoms with Gasteiger partial charge < -0.3 is 14.8 Å². The zero-order valence-corrected chi connectivity index (χ0v) is 10.6. The van der Waals surface area contributed by atoms with Gasteiger partial charge in [0.2, 0.25) is 0 Å². The standard InChI is InChI=1S/C11H19NO4/c1-7(12-11(2,3)4)8(9(13)15-5)10(14)16-6/h12H,1-6H3. The molecule has 16 heavy (non-hydrogen) atoms. The van der Waals surface area contributed by atoms with Gasteiger partial charge in [-0.05, 0) is 27.7 Å². The van der Waals surface area contributed by atoms with Gasteiger partial charge in [-0.25, -0.2) is 9.59 Å². The van der Waals surface area contributed by atoms with Gasteiger partial charge in [0.05, 0.1) is 14.2 Å². The normalized spacial score (nSPS) is 10.4. The Kier molecular flexibility index (Phi) is 5.01. The highest BCUT2D eigenvalue weighted by atomic mass is 16.5. The lowest BCUT2D eigenvalue weighted by Crippen LogP contribution is -2.36. The van der Waals surface area contributed by atoms with Gasteiger partial charge in [0.15, 0.2) is 5.57 Å². The Labute approximate surface area is 95.8 Å². The maximum absolute atomic E-state index is 11.4. The van der Waals surface area contributed by atoms with E-state index in [2.05, 4.69) is 14.8 Å². The fourth-order valence-corrected chi connectivity index (χ4v) is 1.22. The SMILES string of the molecule is COC(=O)C(C(=O)OC)=C(C)NC(C)(C)C. The summed E-state index contributed by atoms with van der Waals surface area (Å²) in [5.74, 6) is -1.41. The molecular formula is C11H19NO4. The van der Waals surface area contributed by atoms with Crippen molar-refractivity contribution in [2.75, 3.05) is 14.2 Å². The minimum Gasteiger partial charge on any atom is -0.465 e. The predicted octanol–water partition coefficient (Wildman–Crippen LogP) is 0.994. The van der Waals surface area contributed by atoms with Crippen LogP contribution in [0.2, 0.25) is 0 Å². The second-order valence-electron chi connectivity index (χ2n) is 4.36. The van der Waals surface area contributed by atoms with E-state index in [9.17, 15) is 9.59 Å². The zero-order chi connectivity index (χ0) is 12.9. The van der Waals surface area contributed by atoms with Gasteiger partial charge in [-0.2, -0.15) is 0 Å². The molecule has 0 aromatic carbocycles. The van der Waals surface area contributed by atoms with Gasteiger partial charge >= 0.3 is 11.9 Å². The molecule has 92 valence electrons. The first-order chi connectivity index (χ1) is 7.22. The van der Waals surface area contributed by atoms with Crippen LogP contribution in [0.5, 0.6) is 0 Å². The number of esters is 2. The Morgan fingerprint density at radius 2 is 1.38 bits per heavy atom. The Bertz CT molecular complexity index is 294. The summed E-state index contributed by atoms with van der Waals surface area (Å²) in [6, 6.07) is 0. The van der Waals surface area contributed by atoms with Crippen molar-refractivity contribution in [3.05, 3.63) is 11.3 Å². The third-order valence-electron chi connectivity index (χ3n) is 1.72. The minimum absolute atomic E-state index is 0.111. The summed E-state index contributed by atoms with van der Waals surface area (Å²) in [7, 11) is 2.44. The molecule has 0 bridgehead atoms. The molecule has 1 N–H and O–H groups in total. The van der Waals surface area contributed by atoms with Crippen LogP contribution < -0.4 is 5.32 Å². The average molecular weight is 229 g/mol. The fourth-order valence-electron chi connectivity index (χ4n) is 1.22. The van der Waals surface area contributed by atoms with Gasteiger partial charge in [-0.1, -0.05) is 0 Å². The summed E-state index contributed by atoms with van der Waals surface area (Å²) >= 11 is 0. The number of nitrogens with one attached hydrogen (secondary N) is 1. The first-order valence-corrected chi connectivity index (χ1v) is 4.88. The Hall–Kier alpha value is -1.52. The van der Waals surface area contributed by atoms with E-state index >= 15 is 0 Å². The number of hydrogen-bond acceptors (Lipinski definition) is 5. The van der Waals surface area contributed by atoms with Crippen molar-refractivity contribution < 1.29 is 19.1 Å². The molecule has 0 atom stereocenters. The third kappa shape index (κ3) is 4.33. The van der Waals surface area contributed by atoms with Crippen molar-refractivity contribution in [1.82, 2.24) is 5.32 Å². The number of carbonyl (C=O) groups is 2. The number of carbonyl (C=O) groups excluding carboxylic acids is 2. The van der Waals surface area contributed by atoms with Gasteiger partial charge in [-0.15, -0.1) is 0 Å². The van der Waals surface area contributed by atoms with Crippen LogP contribution in [0, 0.1) is 0 Å². The number of rotatable bonds is 3. The highest BCUT2D eigenvalue weighted by molar-refractivity contribution is 6.14. The van der Waals surface area contributed by atoms with E-state index < -0.39 is 11.9 Å². The lowest BCUT2D eigenvalue weighted by molar-refractivity contribution is -0.144. The Morgan fingerprint density at radius 3 is 1.62 bits per heavy atom. The molecule has 0 aromatic rings. The van der Waals surface area contributed by atoms with Crippen LogP contribution in [0.3, 0.4) is 0 Å². The van der Waals surface area contributed by atoms with Gasteiger partial charge in [0, 0.05) is 11.2 Å². The van der Waals surface area contributed by atoms with E-state index in [0.717, 1.165) is 0 Å². The van der Waals surface area contributed by atoms with Crippen LogP contribution in [0.15, 0.2) is 11.3 Å². The summed E-state index contributed by atoms with van der Waals surface area (Å²) in [6.45, 7) is 7.39. The van der Waals surface area contributed by atoms with Crippen LogP contribution in [0.25, 0.3) is 0 Å². The van der Waals surface area contributed by atoms with Crippen LogP contribution in [0.1, 0.15) is 27.7 Å². The van der Waals surface area contributed by atoms with Gasteiger partial charge in [0.1, 0.15) is 0 Å². The topological polar surface area (TPSA) is 64.6 Å². The molecule has 0 heterocycles. The minimum atomic E-state index is -0.707. The number of methoxy groups -OCH3 is 2. The van der Waals surface area contributed by atoms with Crippen LogP contribution in [0.4, 0.5) is 0 Å². The Morgan fingerprint density at radius 1 is 1.00 bits per heavy atom. The summed E-state index contributed by atoms with van der Waals surface area (Å²) < 4.78 is 9.07. The molecule has 0 aromatic heterocycles. The third-order valence-corrected chi connectivity index (χ3v) is 1.72. The van der Waals surface area contributed by atoms with E-state index in [0.29, 0.717) is 5.70 Å². The van der Waals surface area contributed by atoms with E-state index in [1.165, 1.54) is 14.2 Å². The maximum Gasteiger partial charge on any atom is 0.347 e. The predicted molar refractivity (Wildman–Crippen MR) is 59.6 cm³/mol. The van der Waals surface area contributed by atoms with Crippen molar-refractivity contribution in [1.29, 1.82) is 0 Å². The largest absolute Gasteiger partial charge is 0.465 e. The highest BCUT2D eigenvalue weighted by Crippen LogP contribution is 2.10. The molecule has 5 nitrogen and oxygen atoms in total. The van der Waals surface area contributed by atoms with Crippen molar-refractivity contribution >= 4 is 11.9 Å². The molecule has 0 radical (unpaired) electrons. The van der Waals surface area contributed by atoms with Crippen LogP contribution >= 0.6 is 0 Å². The second kappa shape index (κ2) is 5.53. The number of ether oxygens (including phenoxy) is 2. The van der Waals surface area contributed by atoms with Crippen LogP contribution in [-0.4, -0.2) is 31.7 Å². The number of allylic oxidation sites excluding steroid dienone is 1. The van der Waals surface area contributed by atoms with Crippen molar-refractivity contribution in [2.24, 2.45) is 0 Å². The fraction of sp³-hybridized carbons (Fsp3) is 0.636. The first kappa shape index (κ1) is 14.5. The van der Waals surface area contributed by atoms with Crippen molar-refractivity contribution in [3.63, 3.8) is 0 Å². The molecule has 0 saturated carbocycles. The molecule has 0 saturated heterocycles. The van der Waals surface area contributed by atoms with Crippen LogP contribution in [-0.2, 0) is 19.1 Å².